The van der Waals surface area contributed by atoms with Crippen LogP contribution in [0.3, 0.4) is 0 Å². The molecule has 1 aliphatic rings. The molecule has 4 heterocycles. The van der Waals surface area contributed by atoms with Gasteiger partial charge in [0.2, 0.25) is 0 Å². The van der Waals surface area contributed by atoms with Gasteiger partial charge in [0, 0.05) is 36.6 Å². The maximum Gasteiger partial charge on any atom is 0.268 e. The highest BCUT2D eigenvalue weighted by molar-refractivity contribution is 14.1. The van der Waals surface area contributed by atoms with Gasteiger partial charge in [-0.2, -0.15) is 0 Å². The van der Waals surface area contributed by atoms with Crippen molar-refractivity contribution < 1.29 is 14.1 Å². The normalized spacial score (nSPS) is 15.2. The van der Waals surface area contributed by atoms with Crippen LogP contribution in [-0.2, 0) is 6.54 Å². The fourth-order valence-electron chi connectivity index (χ4n) is 4.72. The highest BCUT2D eigenvalue weighted by atomic mass is 127. The second kappa shape index (κ2) is 10.3. The summed E-state index contributed by atoms with van der Waals surface area (Å²) in [6.07, 6.45) is 1.92. The van der Waals surface area contributed by atoms with Gasteiger partial charge in [-0.05, 0) is 79.6 Å². The zero-order valence-corrected chi connectivity index (χ0v) is 23.1. The minimum atomic E-state index is -0.0669. The molecule has 1 aromatic carbocycles. The highest BCUT2D eigenvalue weighted by Crippen LogP contribution is 2.32. The molecule has 5 rings (SSSR count). The Bertz CT molecular complexity index is 1330. The summed E-state index contributed by atoms with van der Waals surface area (Å²) in [5.41, 5.74) is 2.30. The van der Waals surface area contributed by atoms with Crippen LogP contribution < -0.4 is 10.1 Å². The zero-order chi connectivity index (χ0) is 24.5. The first-order chi connectivity index (χ1) is 16.9. The van der Waals surface area contributed by atoms with Crippen molar-refractivity contribution in [1.29, 1.82) is 0 Å². The van der Waals surface area contributed by atoms with E-state index in [-0.39, 0.29) is 11.9 Å². The number of ether oxygens (including phenoxy) is 1. The van der Waals surface area contributed by atoms with Crippen molar-refractivity contribution in [1.82, 2.24) is 19.9 Å². The number of nitrogens with zero attached hydrogens (tertiary/aromatic N) is 3. The predicted octanol–water partition coefficient (Wildman–Crippen LogP) is 5.62. The summed E-state index contributed by atoms with van der Waals surface area (Å²) in [5, 5.41) is 8.50. The van der Waals surface area contributed by atoms with E-state index < -0.39 is 0 Å². The number of benzene rings is 1. The van der Waals surface area contributed by atoms with Gasteiger partial charge in [0.1, 0.15) is 17.1 Å². The minimum Gasteiger partial charge on any atom is -0.496 e. The number of carbonyl (C=O) groups excluding carboxylic acids is 1. The van der Waals surface area contributed by atoms with Crippen LogP contribution >= 0.6 is 33.9 Å². The molecule has 0 unspecified atom stereocenters. The number of hydrogen-bond acceptors (Lipinski definition) is 6. The lowest BCUT2D eigenvalue weighted by atomic mass is 10.0. The summed E-state index contributed by atoms with van der Waals surface area (Å²) in [6.45, 7) is 6.88. The quantitative estimate of drug-likeness (QED) is 0.278. The standard InChI is InChI=1S/C26H29IN4O3S/c1-16(2)30-11-9-17(10-12-30)28-26(32)21-14-19-20(5-4-6-22(19)33-3)31(21)15-18-13-23(34-29-18)24-7-8-25(27)35-24/h4-8,13-14,16-17H,9-12,15H2,1-3H3,(H,28,32). The Kier molecular flexibility index (Phi) is 7.17. The van der Waals surface area contributed by atoms with Crippen LogP contribution in [0.25, 0.3) is 21.5 Å². The van der Waals surface area contributed by atoms with Gasteiger partial charge >= 0.3 is 0 Å². The summed E-state index contributed by atoms with van der Waals surface area (Å²) in [5.74, 6) is 1.42. The van der Waals surface area contributed by atoms with E-state index >= 15 is 0 Å². The van der Waals surface area contributed by atoms with Crippen LogP contribution in [0.15, 0.2) is 47.0 Å². The average Bonchev–Trinajstić information content (AvgIpc) is 3.58. The molecule has 0 bridgehead atoms. The fraction of sp³-hybridized carbons (Fsp3) is 0.385. The Labute approximate surface area is 222 Å². The number of amides is 1. The molecule has 184 valence electrons. The van der Waals surface area contributed by atoms with E-state index in [0.29, 0.717) is 18.3 Å². The second-order valence-electron chi connectivity index (χ2n) is 9.17. The highest BCUT2D eigenvalue weighted by Gasteiger charge is 2.25. The van der Waals surface area contributed by atoms with Crippen LogP contribution in [0.5, 0.6) is 5.75 Å². The van der Waals surface area contributed by atoms with E-state index in [1.165, 1.54) is 2.88 Å². The number of aromatic nitrogens is 2. The number of thiophene rings is 1. The van der Waals surface area contributed by atoms with Gasteiger partial charge < -0.3 is 24.0 Å². The molecule has 1 amide bonds. The zero-order valence-electron chi connectivity index (χ0n) is 20.1. The Morgan fingerprint density at radius 3 is 2.74 bits per heavy atom. The van der Waals surface area contributed by atoms with Crippen LogP contribution in [0.1, 0.15) is 42.9 Å². The van der Waals surface area contributed by atoms with Gasteiger partial charge in [-0.15, -0.1) is 11.3 Å². The molecule has 1 aliphatic heterocycles. The topological polar surface area (TPSA) is 72.5 Å². The van der Waals surface area contributed by atoms with Crippen LogP contribution in [0.2, 0.25) is 0 Å². The molecule has 0 atom stereocenters. The molecule has 4 aromatic rings. The molecule has 1 fully saturated rings. The maximum atomic E-state index is 13.5. The largest absolute Gasteiger partial charge is 0.496 e. The van der Waals surface area contributed by atoms with E-state index in [2.05, 4.69) is 57.9 Å². The molecule has 35 heavy (non-hydrogen) atoms. The number of carbonyl (C=O) groups is 1. The second-order valence-corrected chi connectivity index (χ2v) is 12.2. The van der Waals surface area contributed by atoms with Crippen molar-refractivity contribution in [2.24, 2.45) is 0 Å². The first-order valence-corrected chi connectivity index (χ1v) is 13.7. The summed E-state index contributed by atoms with van der Waals surface area (Å²) in [4.78, 5) is 17.0. The maximum absolute atomic E-state index is 13.5. The van der Waals surface area contributed by atoms with Crippen LogP contribution in [0, 0.1) is 2.88 Å². The van der Waals surface area contributed by atoms with Crippen molar-refractivity contribution in [2.75, 3.05) is 20.2 Å². The molecule has 0 saturated carbocycles. The van der Waals surface area contributed by atoms with E-state index in [0.717, 1.165) is 58.9 Å². The first kappa shape index (κ1) is 24.3. The van der Waals surface area contributed by atoms with Crippen molar-refractivity contribution in [3.05, 3.63) is 56.7 Å². The van der Waals surface area contributed by atoms with Crippen molar-refractivity contribution in [2.45, 2.75) is 45.3 Å². The first-order valence-electron chi connectivity index (χ1n) is 11.9. The average molecular weight is 605 g/mol. The number of nitrogens with one attached hydrogen (secondary N) is 1. The Morgan fingerprint density at radius 1 is 1.26 bits per heavy atom. The Morgan fingerprint density at radius 2 is 2.06 bits per heavy atom. The lowest BCUT2D eigenvalue weighted by Gasteiger charge is -2.34. The van der Waals surface area contributed by atoms with Gasteiger partial charge in [-0.3, -0.25) is 4.79 Å². The molecule has 1 saturated heterocycles. The van der Waals surface area contributed by atoms with Gasteiger partial charge in [0.25, 0.3) is 5.91 Å². The molecule has 0 spiro atoms. The van der Waals surface area contributed by atoms with Crippen LogP contribution in [0.4, 0.5) is 0 Å². The summed E-state index contributed by atoms with van der Waals surface area (Å²) < 4.78 is 14.4. The third-order valence-electron chi connectivity index (χ3n) is 6.65. The molecule has 9 heteroatoms. The van der Waals surface area contributed by atoms with E-state index in [9.17, 15) is 4.79 Å². The lowest BCUT2D eigenvalue weighted by Crippen LogP contribution is -2.46. The third-order valence-corrected chi connectivity index (χ3v) is 8.56. The van der Waals surface area contributed by atoms with E-state index in [1.54, 1.807) is 18.4 Å². The molecule has 7 nitrogen and oxygen atoms in total. The van der Waals surface area contributed by atoms with Gasteiger partial charge in [0.15, 0.2) is 5.76 Å². The molecular weight excluding hydrogens is 575 g/mol. The van der Waals surface area contributed by atoms with Crippen LogP contribution in [-0.4, -0.2) is 52.8 Å². The number of methoxy groups -OCH3 is 1. The monoisotopic (exact) mass is 604 g/mol. The SMILES string of the molecule is COc1cccc2c1cc(C(=O)NC1CCN(C(C)C)CC1)n2Cc1cc(-c2ccc(I)s2)on1. The molecule has 1 N–H and O–H groups in total. The molecule has 0 aliphatic carbocycles. The fourth-order valence-corrected chi connectivity index (χ4v) is 6.29. The molecule has 0 radical (unpaired) electrons. The minimum absolute atomic E-state index is 0.0669. The predicted molar refractivity (Wildman–Crippen MR) is 147 cm³/mol. The Balaban J connectivity index is 1.43. The number of piperidine rings is 1. The van der Waals surface area contributed by atoms with E-state index in [4.69, 9.17) is 9.26 Å². The summed E-state index contributed by atoms with van der Waals surface area (Å²) >= 11 is 3.96. The number of hydrogen-bond donors (Lipinski definition) is 1. The summed E-state index contributed by atoms with van der Waals surface area (Å²) in [7, 11) is 1.65. The smallest absolute Gasteiger partial charge is 0.268 e. The third kappa shape index (κ3) is 5.12. The number of fused-ring (bicyclic) bond motifs is 1. The van der Waals surface area contributed by atoms with Gasteiger partial charge in [-0.1, -0.05) is 11.2 Å². The number of rotatable bonds is 7. The van der Waals surface area contributed by atoms with Gasteiger partial charge in [-0.25, -0.2) is 0 Å². The molecular formula is C26H29IN4O3S. The summed E-state index contributed by atoms with van der Waals surface area (Å²) in [6, 6.07) is 14.6. The van der Waals surface area contributed by atoms with Gasteiger partial charge in [0.05, 0.1) is 26.9 Å². The van der Waals surface area contributed by atoms with E-state index in [1.807, 2.05) is 41.0 Å². The lowest BCUT2D eigenvalue weighted by molar-refractivity contribution is 0.0892. The van der Waals surface area contributed by atoms with Crippen molar-refractivity contribution in [3.63, 3.8) is 0 Å². The Hall–Kier alpha value is -2.37. The molecule has 3 aromatic heterocycles. The number of likely N-dealkylation sites (tertiary alicyclic amines) is 1. The van der Waals surface area contributed by atoms with Crippen molar-refractivity contribution >= 4 is 50.7 Å². The number of halogens is 1. The van der Waals surface area contributed by atoms with Crippen molar-refractivity contribution in [3.8, 4) is 16.4 Å².